The van der Waals surface area contributed by atoms with Gasteiger partial charge in [0.15, 0.2) is 0 Å². The van der Waals surface area contributed by atoms with Gasteiger partial charge in [0.05, 0.1) is 6.61 Å². The molecule has 0 saturated heterocycles. The van der Waals surface area contributed by atoms with Crippen molar-refractivity contribution in [1.29, 1.82) is 0 Å². The van der Waals surface area contributed by atoms with Gasteiger partial charge in [0.25, 0.3) is 0 Å². The minimum atomic E-state index is -0.437. The first-order chi connectivity index (χ1) is 8.22. The molecule has 0 aromatic carbocycles. The number of hydrogen-bond donors (Lipinski definition) is 1. The summed E-state index contributed by atoms with van der Waals surface area (Å²) in [7, 11) is 0. The highest BCUT2D eigenvalue weighted by molar-refractivity contribution is 5.95. The highest BCUT2D eigenvalue weighted by Crippen LogP contribution is 2.04. The number of aryl methyl sites for hydroxylation is 1. The van der Waals surface area contributed by atoms with Gasteiger partial charge in [0.2, 0.25) is 0 Å². The standard InChI is InChI=1S/C11H17N3O3/c1-2-17-11(16)7-9(15)5-3-4-6-10-12-8-13-14-10/h8H,2-7H2,1H3,(H,12,13,14). The second kappa shape index (κ2) is 7.54. The molecule has 0 aliphatic carbocycles. The molecule has 94 valence electrons. The van der Waals surface area contributed by atoms with Crippen LogP contribution in [0.15, 0.2) is 6.33 Å². The van der Waals surface area contributed by atoms with Crippen LogP contribution in [0.1, 0.15) is 38.4 Å². The predicted octanol–water partition coefficient (Wildman–Crippen LogP) is 1.04. The third-order valence-corrected chi connectivity index (χ3v) is 2.23. The summed E-state index contributed by atoms with van der Waals surface area (Å²) >= 11 is 0. The second-order valence-electron chi connectivity index (χ2n) is 3.66. The number of carbonyl (C=O) groups is 2. The molecule has 0 atom stereocenters. The van der Waals surface area contributed by atoms with E-state index < -0.39 is 5.97 Å². The number of carbonyl (C=O) groups excluding carboxylic acids is 2. The first kappa shape index (κ1) is 13.3. The molecule has 0 bridgehead atoms. The second-order valence-corrected chi connectivity index (χ2v) is 3.66. The normalized spacial score (nSPS) is 10.2. The fourth-order valence-corrected chi connectivity index (χ4v) is 1.43. The van der Waals surface area contributed by atoms with E-state index in [0.717, 1.165) is 25.1 Å². The Morgan fingerprint density at radius 1 is 1.41 bits per heavy atom. The molecule has 1 aromatic heterocycles. The van der Waals surface area contributed by atoms with Crippen molar-refractivity contribution < 1.29 is 14.3 Å². The van der Waals surface area contributed by atoms with Gasteiger partial charge >= 0.3 is 5.97 Å². The molecule has 0 spiro atoms. The Morgan fingerprint density at radius 2 is 2.24 bits per heavy atom. The third-order valence-electron chi connectivity index (χ3n) is 2.23. The quantitative estimate of drug-likeness (QED) is 0.416. The lowest BCUT2D eigenvalue weighted by molar-refractivity contribution is -0.145. The average Bonchev–Trinajstić information content (AvgIpc) is 2.77. The van der Waals surface area contributed by atoms with Crippen molar-refractivity contribution in [3.05, 3.63) is 12.2 Å². The zero-order valence-electron chi connectivity index (χ0n) is 9.94. The molecule has 0 aliphatic heterocycles. The highest BCUT2D eigenvalue weighted by atomic mass is 16.5. The van der Waals surface area contributed by atoms with E-state index in [0.29, 0.717) is 13.0 Å². The molecule has 0 saturated carbocycles. The van der Waals surface area contributed by atoms with Crippen LogP contribution in [0.3, 0.4) is 0 Å². The maximum Gasteiger partial charge on any atom is 0.313 e. The maximum absolute atomic E-state index is 11.4. The van der Waals surface area contributed by atoms with Crippen LogP contribution in [0.25, 0.3) is 0 Å². The van der Waals surface area contributed by atoms with Gasteiger partial charge in [-0.05, 0) is 19.8 Å². The van der Waals surface area contributed by atoms with Gasteiger partial charge in [0, 0.05) is 12.8 Å². The number of Topliss-reactive ketones (excluding diaryl/α,β-unsaturated/α-hetero) is 1. The van der Waals surface area contributed by atoms with Crippen molar-refractivity contribution in [2.75, 3.05) is 6.61 Å². The molecular formula is C11H17N3O3. The first-order valence-electron chi connectivity index (χ1n) is 5.74. The SMILES string of the molecule is CCOC(=O)CC(=O)CCCCc1ncn[nH]1. The summed E-state index contributed by atoms with van der Waals surface area (Å²) in [6.07, 6.45) is 4.12. The fraction of sp³-hybridized carbons (Fsp3) is 0.636. The molecule has 0 aliphatic rings. The van der Waals surface area contributed by atoms with E-state index >= 15 is 0 Å². The van der Waals surface area contributed by atoms with Gasteiger partial charge in [-0.25, -0.2) is 4.98 Å². The van der Waals surface area contributed by atoms with Crippen LogP contribution in [0, 0.1) is 0 Å². The monoisotopic (exact) mass is 239 g/mol. The lowest BCUT2D eigenvalue weighted by Crippen LogP contribution is -2.10. The number of rotatable bonds is 8. The number of H-pyrrole nitrogens is 1. The summed E-state index contributed by atoms with van der Waals surface area (Å²) < 4.78 is 4.69. The molecule has 1 heterocycles. The summed E-state index contributed by atoms with van der Waals surface area (Å²) in [5.74, 6) is 0.316. The Labute approximate surface area is 99.8 Å². The van der Waals surface area contributed by atoms with Crippen LogP contribution in [-0.2, 0) is 20.7 Å². The molecule has 6 heteroatoms. The van der Waals surface area contributed by atoms with Crippen LogP contribution >= 0.6 is 0 Å². The Bertz CT molecular complexity index is 349. The Morgan fingerprint density at radius 3 is 2.88 bits per heavy atom. The maximum atomic E-state index is 11.4. The van der Waals surface area contributed by atoms with Gasteiger partial charge in [0.1, 0.15) is 24.4 Å². The Kier molecular flexibility index (Phi) is 5.92. The van der Waals surface area contributed by atoms with Crippen LogP contribution in [0.4, 0.5) is 0 Å². The van der Waals surface area contributed by atoms with Crippen molar-refractivity contribution in [1.82, 2.24) is 15.2 Å². The molecule has 0 unspecified atom stereocenters. The highest BCUT2D eigenvalue weighted by Gasteiger charge is 2.09. The van der Waals surface area contributed by atoms with Gasteiger partial charge in [-0.1, -0.05) is 0 Å². The number of hydrogen-bond acceptors (Lipinski definition) is 5. The van der Waals surface area contributed by atoms with Gasteiger partial charge < -0.3 is 4.74 Å². The topological polar surface area (TPSA) is 84.9 Å². The first-order valence-corrected chi connectivity index (χ1v) is 5.74. The number of aromatic amines is 1. The number of ketones is 1. The van der Waals surface area contributed by atoms with Crippen LogP contribution < -0.4 is 0 Å². The molecule has 0 radical (unpaired) electrons. The number of esters is 1. The molecule has 1 N–H and O–H groups in total. The van der Waals surface area contributed by atoms with E-state index in [1.54, 1.807) is 6.92 Å². The Balaban J connectivity index is 2.06. The summed E-state index contributed by atoms with van der Waals surface area (Å²) in [5, 5.41) is 6.49. The summed E-state index contributed by atoms with van der Waals surface area (Å²) in [5.41, 5.74) is 0. The molecule has 6 nitrogen and oxygen atoms in total. The third kappa shape index (κ3) is 5.79. The van der Waals surface area contributed by atoms with E-state index in [4.69, 9.17) is 4.74 Å². The van der Waals surface area contributed by atoms with Crippen LogP contribution in [0.2, 0.25) is 0 Å². The number of nitrogens with zero attached hydrogens (tertiary/aromatic N) is 2. The fourth-order valence-electron chi connectivity index (χ4n) is 1.43. The molecule has 0 fully saturated rings. The van der Waals surface area contributed by atoms with Gasteiger partial charge in [-0.3, -0.25) is 14.7 Å². The lowest BCUT2D eigenvalue weighted by Gasteiger charge is -2.01. The average molecular weight is 239 g/mol. The number of nitrogens with one attached hydrogen (secondary N) is 1. The molecule has 1 aromatic rings. The van der Waals surface area contributed by atoms with Gasteiger partial charge in [-0.2, -0.15) is 5.10 Å². The summed E-state index contributed by atoms with van der Waals surface area (Å²) in [4.78, 5) is 26.3. The zero-order valence-corrected chi connectivity index (χ0v) is 9.94. The summed E-state index contributed by atoms with van der Waals surface area (Å²) in [6, 6.07) is 0. The predicted molar refractivity (Wildman–Crippen MR) is 60.2 cm³/mol. The number of aromatic nitrogens is 3. The van der Waals surface area contributed by atoms with E-state index in [9.17, 15) is 9.59 Å². The van der Waals surface area contributed by atoms with E-state index in [-0.39, 0.29) is 12.2 Å². The van der Waals surface area contributed by atoms with Crippen molar-refractivity contribution in [2.45, 2.75) is 39.0 Å². The smallest absolute Gasteiger partial charge is 0.313 e. The minimum Gasteiger partial charge on any atom is -0.466 e. The molecule has 0 amide bonds. The number of unbranched alkanes of at least 4 members (excludes halogenated alkanes) is 1. The van der Waals surface area contributed by atoms with Crippen molar-refractivity contribution in [3.8, 4) is 0 Å². The van der Waals surface area contributed by atoms with Crippen molar-refractivity contribution in [2.24, 2.45) is 0 Å². The van der Waals surface area contributed by atoms with E-state index in [1.165, 1.54) is 6.33 Å². The van der Waals surface area contributed by atoms with Gasteiger partial charge in [-0.15, -0.1) is 0 Å². The zero-order chi connectivity index (χ0) is 12.5. The molecular weight excluding hydrogens is 222 g/mol. The summed E-state index contributed by atoms with van der Waals surface area (Å²) in [6.45, 7) is 2.04. The lowest BCUT2D eigenvalue weighted by atomic mass is 10.1. The molecule has 17 heavy (non-hydrogen) atoms. The molecule has 1 rings (SSSR count). The minimum absolute atomic E-state index is 0.0685. The van der Waals surface area contributed by atoms with Crippen molar-refractivity contribution >= 4 is 11.8 Å². The Hall–Kier alpha value is -1.72. The van der Waals surface area contributed by atoms with E-state index in [1.807, 2.05) is 0 Å². The van der Waals surface area contributed by atoms with Crippen LogP contribution in [0.5, 0.6) is 0 Å². The number of ether oxygens (including phenoxy) is 1. The van der Waals surface area contributed by atoms with Crippen LogP contribution in [-0.4, -0.2) is 33.5 Å². The largest absolute Gasteiger partial charge is 0.466 e. The van der Waals surface area contributed by atoms with Crippen molar-refractivity contribution in [3.63, 3.8) is 0 Å². The van der Waals surface area contributed by atoms with E-state index in [2.05, 4.69) is 15.2 Å².